The Morgan fingerprint density at radius 3 is 2.75 bits per heavy atom. The molecule has 1 aromatic heterocycles. The first-order chi connectivity index (χ1) is 9.44. The lowest BCUT2D eigenvalue weighted by atomic mass is 10.2. The SMILES string of the molecule is N#Cc1cc(N)ccc1S(=O)(=O)Nc1ncccc1Cl. The maximum atomic E-state index is 12.2. The van der Waals surface area contributed by atoms with Crippen molar-refractivity contribution < 1.29 is 8.42 Å². The van der Waals surface area contributed by atoms with Gasteiger partial charge in [-0.25, -0.2) is 13.4 Å². The van der Waals surface area contributed by atoms with Crippen LogP contribution < -0.4 is 10.5 Å². The predicted octanol–water partition coefficient (Wildman–Crippen LogP) is 1.99. The standard InChI is InChI=1S/C12H9ClN4O2S/c13-10-2-1-5-16-12(10)17-20(18,19)11-4-3-9(15)6-8(11)7-14/h1-6H,15H2,(H,16,17). The van der Waals surface area contributed by atoms with E-state index in [1.807, 2.05) is 0 Å². The van der Waals surface area contributed by atoms with E-state index in [2.05, 4.69) is 9.71 Å². The van der Waals surface area contributed by atoms with Gasteiger partial charge in [-0.1, -0.05) is 11.6 Å². The molecule has 1 aromatic carbocycles. The Balaban J connectivity index is 2.47. The molecule has 0 saturated carbocycles. The van der Waals surface area contributed by atoms with Crippen LogP contribution in [0.25, 0.3) is 0 Å². The zero-order chi connectivity index (χ0) is 14.8. The molecule has 0 atom stereocenters. The number of nitrogens with two attached hydrogens (primary N) is 1. The number of hydrogen-bond donors (Lipinski definition) is 2. The largest absolute Gasteiger partial charge is 0.399 e. The molecule has 20 heavy (non-hydrogen) atoms. The van der Waals surface area contributed by atoms with Gasteiger partial charge in [0.05, 0.1) is 10.6 Å². The van der Waals surface area contributed by atoms with E-state index in [-0.39, 0.29) is 21.3 Å². The lowest BCUT2D eigenvalue weighted by Gasteiger charge is -2.10. The third kappa shape index (κ3) is 2.82. The van der Waals surface area contributed by atoms with E-state index in [0.29, 0.717) is 5.69 Å². The molecule has 8 heteroatoms. The number of aromatic nitrogens is 1. The summed E-state index contributed by atoms with van der Waals surface area (Å²) in [4.78, 5) is 3.65. The first kappa shape index (κ1) is 14.1. The van der Waals surface area contributed by atoms with Gasteiger partial charge >= 0.3 is 0 Å². The number of pyridine rings is 1. The second kappa shape index (κ2) is 5.36. The zero-order valence-corrected chi connectivity index (χ0v) is 11.6. The molecule has 0 saturated heterocycles. The number of halogens is 1. The molecule has 2 rings (SSSR count). The highest BCUT2D eigenvalue weighted by molar-refractivity contribution is 7.92. The van der Waals surface area contributed by atoms with Crippen LogP contribution in [-0.4, -0.2) is 13.4 Å². The summed E-state index contributed by atoms with van der Waals surface area (Å²) in [5.41, 5.74) is 5.77. The average Bonchev–Trinajstić information content (AvgIpc) is 2.40. The van der Waals surface area contributed by atoms with Crippen LogP contribution in [0, 0.1) is 11.3 Å². The molecule has 0 aliphatic heterocycles. The van der Waals surface area contributed by atoms with Gasteiger partial charge in [0.2, 0.25) is 0 Å². The first-order valence-electron chi connectivity index (χ1n) is 5.37. The summed E-state index contributed by atoms with van der Waals surface area (Å²) < 4.78 is 26.7. The van der Waals surface area contributed by atoms with Crippen molar-refractivity contribution in [3.05, 3.63) is 47.1 Å². The Labute approximate surface area is 120 Å². The zero-order valence-electron chi connectivity index (χ0n) is 10.0. The van der Waals surface area contributed by atoms with E-state index in [9.17, 15) is 8.42 Å². The second-order valence-corrected chi connectivity index (χ2v) is 5.86. The van der Waals surface area contributed by atoms with Crippen LogP contribution in [0.5, 0.6) is 0 Å². The Morgan fingerprint density at radius 2 is 2.10 bits per heavy atom. The summed E-state index contributed by atoms with van der Waals surface area (Å²) >= 11 is 5.84. The number of nitrogen functional groups attached to an aromatic ring is 1. The number of nitrogens with zero attached hydrogens (tertiary/aromatic N) is 2. The number of anilines is 2. The number of benzene rings is 1. The van der Waals surface area contributed by atoms with Crippen LogP contribution in [0.1, 0.15) is 5.56 Å². The van der Waals surface area contributed by atoms with Crippen molar-refractivity contribution in [1.29, 1.82) is 5.26 Å². The molecule has 2 aromatic rings. The summed E-state index contributed by atoms with van der Waals surface area (Å²) in [6, 6.07) is 8.81. The third-order valence-electron chi connectivity index (χ3n) is 2.40. The van der Waals surface area contributed by atoms with Crippen molar-refractivity contribution in [3.8, 4) is 6.07 Å². The average molecular weight is 309 g/mol. The molecule has 1 heterocycles. The fourth-order valence-corrected chi connectivity index (χ4v) is 2.91. The molecule has 0 bridgehead atoms. The van der Waals surface area contributed by atoms with Crippen LogP contribution in [0.15, 0.2) is 41.4 Å². The summed E-state index contributed by atoms with van der Waals surface area (Å²) in [5, 5.41) is 9.14. The fraction of sp³-hybridized carbons (Fsp3) is 0. The minimum Gasteiger partial charge on any atom is -0.399 e. The number of rotatable bonds is 3. The van der Waals surface area contributed by atoms with E-state index in [1.54, 1.807) is 12.1 Å². The van der Waals surface area contributed by atoms with Crippen molar-refractivity contribution >= 4 is 33.1 Å². The highest BCUT2D eigenvalue weighted by atomic mass is 35.5. The quantitative estimate of drug-likeness (QED) is 0.843. The number of nitrogens with one attached hydrogen (secondary N) is 1. The molecule has 0 amide bonds. The number of nitriles is 1. The minimum atomic E-state index is -3.97. The highest BCUT2D eigenvalue weighted by Crippen LogP contribution is 2.24. The first-order valence-corrected chi connectivity index (χ1v) is 7.23. The molecule has 0 unspecified atom stereocenters. The van der Waals surface area contributed by atoms with Crippen molar-refractivity contribution in [3.63, 3.8) is 0 Å². The van der Waals surface area contributed by atoms with Gasteiger partial charge in [-0.15, -0.1) is 0 Å². The molecule has 0 fully saturated rings. The predicted molar refractivity (Wildman–Crippen MR) is 75.6 cm³/mol. The molecule has 6 nitrogen and oxygen atoms in total. The van der Waals surface area contributed by atoms with Gasteiger partial charge in [-0.2, -0.15) is 5.26 Å². The molecule has 102 valence electrons. The molecule has 3 N–H and O–H groups in total. The van der Waals surface area contributed by atoms with Gasteiger partial charge in [0, 0.05) is 11.9 Å². The third-order valence-corrected chi connectivity index (χ3v) is 4.11. The van der Waals surface area contributed by atoms with E-state index in [1.165, 1.54) is 30.5 Å². The molecular formula is C12H9ClN4O2S. The summed E-state index contributed by atoms with van der Waals surface area (Å²) in [6.45, 7) is 0. The van der Waals surface area contributed by atoms with Gasteiger partial charge < -0.3 is 5.73 Å². The van der Waals surface area contributed by atoms with Crippen LogP contribution in [0.3, 0.4) is 0 Å². The van der Waals surface area contributed by atoms with Crippen molar-refractivity contribution in [2.75, 3.05) is 10.5 Å². The molecular weight excluding hydrogens is 300 g/mol. The molecule has 0 aliphatic rings. The maximum absolute atomic E-state index is 12.2. The Bertz CT molecular complexity index is 799. The molecule has 0 radical (unpaired) electrons. The monoisotopic (exact) mass is 308 g/mol. The summed E-state index contributed by atoms with van der Waals surface area (Å²) in [7, 11) is -3.97. The second-order valence-electron chi connectivity index (χ2n) is 3.81. The number of hydrogen-bond acceptors (Lipinski definition) is 5. The van der Waals surface area contributed by atoms with Crippen LogP contribution >= 0.6 is 11.6 Å². The van der Waals surface area contributed by atoms with Crippen LogP contribution in [0.4, 0.5) is 11.5 Å². The topological polar surface area (TPSA) is 109 Å². The van der Waals surface area contributed by atoms with E-state index < -0.39 is 10.0 Å². The minimum absolute atomic E-state index is 0.00474. The highest BCUT2D eigenvalue weighted by Gasteiger charge is 2.20. The van der Waals surface area contributed by atoms with Crippen LogP contribution in [0.2, 0.25) is 5.02 Å². The van der Waals surface area contributed by atoms with Gasteiger partial charge in [0.25, 0.3) is 10.0 Å². The smallest absolute Gasteiger partial charge is 0.264 e. The van der Waals surface area contributed by atoms with Gasteiger partial charge in [-0.05, 0) is 30.3 Å². The normalized spacial score (nSPS) is 10.8. The Morgan fingerprint density at radius 1 is 1.35 bits per heavy atom. The lowest BCUT2D eigenvalue weighted by molar-refractivity contribution is 0.601. The summed E-state index contributed by atoms with van der Waals surface area (Å²) in [6.07, 6.45) is 1.40. The van der Waals surface area contributed by atoms with E-state index >= 15 is 0 Å². The van der Waals surface area contributed by atoms with Crippen molar-refractivity contribution in [2.45, 2.75) is 4.90 Å². The van der Waals surface area contributed by atoms with Crippen LogP contribution in [-0.2, 0) is 10.0 Å². The fourth-order valence-electron chi connectivity index (χ4n) is 1.51. The maximum Gasteiger partial charge on any atom is 0.264 e. The van der Waals surface area contributed by atoms with Gasteiger partial charge in [0.15, 0.2) is 5.82 Å². The Hall–Kier alpha value is -2.30. The number of sulfonamides is 1. The molecule has 0 spiro atoms. The van der Waals surface area contributed by atoms with Crippen molar-refractivity contribution in [1.82, 2.24) is 4.98 Å². The van der Waals surface area contributed by atoms with E-state index in [0.717, 1.165) is 0 Å². The van der Waals surface area contributed by atoms with Gasteiger partial charge in [0.1, 0.15) is 11.0 Å². The van der Waals surface area contributed by atoms with Crippen molar-refractivity contribution in [2.24, 2.45) is 0 Å². The van der Waals surface area contributed by atoms with Gasteiger partial charge in [-0.3, -0.25) is 4.72 Å². The Kier molecular flexibility index (Phi) is 3.79. The lowest BCUT2D eigenvalue weighted by Crippen LogP contribution is -2.15. The molecule has 0 aliphatic carbocycles. The van der Waals surface area contributed by atoms with E-state index in [4.69, 9.17) is 22.6 Å². The summed E-state index contributed by atoms with van der Waals surface area (Å²) in [5.74, 6) is -0.00474.